The lowest BCUT2D eigenvalue weighted by Gasteiger charge is -2.23. The van der Waals surface area contributed by atoms with Gasteiger partial charge in [0.1, 0.15) is 23.7 Å². The number of esters is 1. The summed E-state index contributed by atoms with van der Waals surface area (Å²) in [6, 6.07) is 11.2. The van der Waals surface area contributed by atoms with E-state index in [1.165, 1.54) is 12.1 Å². The van der Waals surface area contributed by atoms with Gasteiger partial charge < -0.3 is 25.6 Å². The number of ether oxygens (including phenoxy) is 2. The first-order valence-electron chi connectivity index (χ1n) is 10.8. The molecule has 8 heteroatoms. The normalized spacial score (nSPS) is 11.9. The van der Waals surface area contributed by atoms with Gasteiger partial charge in [0.15, 0.2) is 0 Å². The van der Waals surface area contributed by atoms with Gasteiger partial charge in [0, 0.05) is 5.56 Å². The van der Waals surface area contributed by atoms with E-state index in [9.17, 15) is 14.7 Å². The Morgan fingerprint density at radius 2 is 1.91 bits per heavy atom. The van der Waals surface area contributed by atoms with E-state index in [-0.39, 0.29) is 48.1 Å². The minimum atomic E-state index is -0.532. The summed E-state index contributed by atoms with van der Waals surface area (Å²) in [5.74, 6) is -0.302. The molecule has 0 aliphatic rings. The number of rotatable bonds is 8. The van der Waals surface area contributed by atoms with E-state index in [2.05, 4.69) is 10.3 Å². The number of nitrogens with one attached hydrogen (secondary N) is 1. The van der Waals surface area contributed by atoms with E-state index in [1.807, 2.05) is 13.8 Å². The Morgan fingerprint density at radius 3 is 2.58 bits per heavy atom. The predicted octanol–water partition coefficient (Wildman–Crippen LogP) is 3.84. The maximum Gasteiger partial charge on any atom is 0.342 e. The van der Waals surface area contributed by atoms with E-state index < -0.39 is 5.97 Å². The number of phenolic OH excluding ortho intramolecular Hbond substituents is 1. The van der Waals surface area contributed by atoms with Crippen molar-refractivity contribution >= 4 is 28.5 Å². The quantitative estimate of drug-likeness (QED) is 0.445. The molecule has 0 fully saturated rings. The Morgan fingerprint density at radius 1 is 1.18 bits per heavy atom. The van der Waals surface area contributed by atoms with Crippen molar-refractivity contribution in [2.45, 2.75) is 33.7 Å². The molecule has 174 valence electrons. The summed E-state index contributed by atoms with van der Waals surface area (Å²) < 4.78 is 11.2. The number of amides is 1. The summed E-state index contributed by atoms with van der Waals surface area (Å²) in [7, 11) is 0. The third kappa shape index (κ3) is 5.34. The van der Waals surface area contributed by atoms with Gasteiger partial charge in [-0.2, -0.15) is 0 Å². The lowest BCUT2D eigenvalue weighted by Crippen LogP contribution is -2.42. The number of hydrogen-bond acceptors (Lipinski definition) is 7. The number of carbonyl (C=O) groups is 2. The molecule has 2 aromatic carbocycles. The molecule has 1 amide bonds. The Balaban J connectivity index is 1.87. The first-order valence-corrected chi connectivity index (χ1v) is 10.8. The Labute approximate surface area is 192 Å². The van der Waals surface area contributed by atoms with Gasteiger partial charge in [-0.05, 0) is 50.1 Å². The Hall–Kier alpha value is -3.81. The van der Waals surface area contributed by atoms with E-state index >= 15 is 0 Å². The lowest BCUT2D eigenvalue weighted by molar-refractivity contribution is 0.0526. The zero-order valence-electron chi connectivity index (χ0n) is 19.2. The molecule has 0 saturated heterocycles. The molecule has 1 unspecified atom stereocenters. The van der Waals surface area contributed by atoms with Gasteiger partial charge in [-0.1, -0.05) is 26.0 Å². The third-order valence-corrected chi connectivity index (χ3v) is 5.32. The Kier molecular flexibility index (Phi) is 7.37. The first kappa shape index (κ1) is 23.8. The Bertz CT molecular complexity index is 1180. The highest BCUT2D eigenvalue weighted by atomic mass is 16.5. The van der Waals surface area contributed by atoms with Crippen molar-refractivity contribution in [3.63, 3.8) is 0 Å². The van der Waals surface area contributed by atoms with Crippen molar-refractivity contribution in [2.24, 2.45) is 5.92 Å². The second-order valence-electron chi connectivity index (χ2n) is 8.04. The van der Waals surface area contributed by atoms with Crippen LogP contribution < -0.4 is 15.8 Å². The molecule has 1 aromatic heterocycles. The van der Waals surface area contributed by atoms with Gasteiger partial charge in [0.25, 0.3) is 5.91 Å². The molecule has 0 aliphatic heterocycles. The molecule has 0 radical (unpaired) electrons. The first-order chi connectivity index (χ1) is 15.7. The molecule has 3 rings (SSSR count). The van der Waals surface area contributed by atoms with Gasteiger partial charge in [0.05, 0.1) is 34.9 Å². The number of carbonyl (C=O) groups excluding carboxylic acids is 2. The van der Waals surface area contributed by atoms with Crippen molar-refractivity contribution in [1.82, 2.24) is 10.3 Å². The van der Waals surface area contributed by atoms with E-state index in [1.54, 1.807) is 44.2 Å². The van der Waals surface area contributed by atoms with Crippen LogP contribution in [0.4, 0.5) is 5.69 Å². The van der Waals surface area contributed by atoms with Gasteiger partial charge in [-0.3, -0.25) is 9.78 Å². The number of fused-ring (bicyclic) bond motifs is 1. The minimum absolute atomic E-state index is 0.0198. The van der Waals surface area contributed by atoms with Gasteiger partial charge in [0.2, 0.25) is 0 Å². The topological polar surface area (TPSA) is 124 Å². The standard InChI is InChI=1S/C25H29N3O5/c1-5-32-25(31)21-15(4)27-18-10-7-11-20(22(18)23(21)26)33-13-19(14(2)3)28-24(30)16-8-6-9-17(29)12-16/h6-12,14,19,29H,5,13H2,1-4H3,(H2,26,27)(H,28,30). The van der Waals surface area contributed by atoms with Crippen LogP contribution in [0.25, 0.3) is 10.9 Å². The monoisotopic (exact) mass is 451 g/mol. The number of benzene rings is 2. The molecular formula is C25H29N3O5. The number of phenols is 1. The predicted molar refractivity (Wildman–Crippen MR) is 127 cm³/mol. The summed E-state index contributed by atoms with van der Waals surface area (Å²) >= 11 is 0. The number of nitrogen functional groups attached to an aromatic ring is 1. The lowest BCUT2D eigenvalue weighted by atomic mass is 10.0. The zero-order valence-corrected chi connectivity index (χ0v) is 19.2. The summed E-state index contributed by atoms with van der Waals surface area (Å²) in [5.41, 5.74) is 8.28. The van der Waals surface area contributed by atoms with Crippen LogP contribution in [-0.4, -0.2) is 41.2 Å². The van der Waals surface area contributed by atoms with Crippen LogP contribution >= 0.6 is 0 Å². The molecule has 0 spiro atoms. The molecular weight excluding hydrogens is 422 g/mol. The average Bonchev–Trinajstić information content (AvgIpc) is 2.76. The van der Waals surface area contributed by atoms with Crippen molar-refractivity contribution in [2.75, 3.05) is 18.9 Å². The van der Waals surface area contributed by atoms with E-state index in [4.69, 9.17) is 15.2 Å². The van der Waals surface area contributed by atoms with E-state index in [0.717, 1.165) is 0 Å². The minimum Gasteiger partial charge on any atom is -0.508 e. The van der Waals surface area contributed by atoms with Crippen LogP contribution in [0.15, 0.2) is 42.5 Å². The molecule has 0 aliphatic carbocycles. The fraction of sp³-hybridized carbons (Fsp3) is 0.320. The second kappa shape index (κ2) is 10.2. The number of hydrogen-bond donors (Lipinski definition) is 3. The highest BCUT2D eigenvalue weighted by molar-refractivity contribution is 6.07. The molecule has 0 saturated carbocycles. The van der Waals surface area contributed by atoms with Crippen molar-refractivity contribution < 1.29 is 24.2 Å². The molecule has 1 atom stereocenters. The van der Waals surface area contributed by atoms with Crippen LogP contribution in [0.2, 0.25) is 0 Å². The fourth-order valence-corrected chi connectivity index (χ4v) is 3.50. The smallest absolute Gasteiger partial charge is 0.342 e. The van der Waals surface area contributed by atoms with Crippen molar-refractivity contribution in [3.8, 4) is 11.5 Å². The number of aromatic nitrogens is 1. The number of aryl methyl sites for hydroxylation is 1. The number of nitrogens with two attached hydrogens (primary N) is 1. The second-order valence-corrected chi connectivity index (χ2v) is 8.04. The molecule has 0 bridgehead atoms. The van der Waals surface area contributed by atoms with Gasteiger partial charge in [-0.15, -0.1) is 0 Å². The number of nitrogens with zero attached hydrogens (tertiary/aromatic N) is 1. The van der Waals surface area contributed by atoms with Crippen LogP contribution in [0.3, 0.4) is 0 Å². The summed E-state index contributed by atoms with van der Waals surface area (Å²) in [4.78, 5) is 29.6. The largest absolute Gasteiger partial charge is 0.508 e. The van der Waals surface area contributed by atoms with Crippen molar-refractivity contribution in [1.29, 1.82) is 0 Å². The summed E-state index contributed by atoms with van der Waals surface area (Å²) in [5, 5.41) is 13.1. The van der Waals surface area contributed by atoms with Crippen molar-refractivity contribution in [3.05, 3.63) is 59.3 Å². The van der Waals surface area contributed by atoms with Gasteiger partial charge >= 0.3 is 5.97 Å². The van der Waals surface area contributed by atoms with Crippen LogP contribution in [0.5, 0.6) is 11.5 Å². The maximum atomic E-state index is 12.6. The third-order valence-electron chi connectivity index (χ3n) is 5.32. The molecule has 1 heterocycles. The number of pyridine rings is 1. The highest BCUT2D eigenvalue weighted by Crippen LogP contribution is 2.34. The molecule has 4 N–H and O–H groups in total. The molecule has 3 aromatic rings. The fourth-order valence-electron chi connectivity index (χ4n) is 3.50. The van der Waals surface area contributed by atoms with E-state index in [0.29, 0.717) is 27.9 Å². The van der Waals surface area contributed by atoms with Crippen LogP contribution in [0, 0.1) is 12.8 Å². The van der Waals surface area contributed by atoms with Gasteiger partial charge in [-0.25, -0.2) is 4.79 Å². The zero-order chi connectivity index (χ0) is 24.1. The summed E-state index contributed by atoms with van der Waals surface area (Å²) in [6.07, 6.45) is 0. The van der Waals surface area contributed by atoms with Crippen LogP contribution in [-0.2, 0) is 4.74 Å². The molecule has 8 nitrogen and oxygen atoms in total. The SMILES string of the molecule is CCOC(=O)c1c(C)nc2cccc(OCC(NC(=O)c3cccc(O)c3)C(C)C)c2c1N. The maximum absolute atomic E-state index is 12.6. The van der Waals surface area contributed by atoms with Crippen LogP contribution in [0.1, 0.15) is 47.2 Å². The molecule has 33 heavy (non-hydrogen) atoms. The number of anilines is 1. The average molecular weight is 452 g/mol. The number of aromatic hydroxyl groups is 1. The summed E-state index contributed by atoms with van der Waals surface area (Å²) in [6.45, 7) is 7.77. The highest BCUT2D eigenvalue weighted by Gasteiger charge is 2.22.